The summed E-state index contributed by atoms with van der Waals surface area (Å²) >= 11 is 0. The van der Waals surface area contributed by atoms with Gasteiger partial charge in [0.1, 0.15) is 29.0 Å². The highest BCUT2D eigenvalue weighted by Gasteiger charge is 2.46. The van der Waals surface area contributed by atoms with Gasteiger partial charge in [0.05, 0.1) is 22.7 Å². The average Bonchev–Trinajstić information content (AvgIpc) is 3.75. The van der Waals surface area contributed by atoms with Crippen molar-refractivity contribution < 1.29 is 53.3 Å². The molecular weight excluding hydrogens is 778 g/mol. The van der Waals surface area contributed by atoms with Crippen molar-refractivity contribution in [1.29, 1.82) is 5.41 Å². The number of aliphatic hydroxyl groups excluding tert-OH is 1. The van der Waals surface area contributed by atoms with Crippen LogP contribution in [0.4, 0.5) is 0 Å². The van der Waals surface area contributed by atoms with Gasteiger partial charge >= 0.3 is 0 Å². The Balaban J connectivity index is 0.884. The molecule has 3 aromatic rings. The summed E-state index contributed by atoms with van der Waals surface area (Å²) in [5.41, 5.74) is 1.58. The number of carbonyl (C=O) groups excluding carboxylic acids is 8. The fraction of sp³-hybridized carbons (Fsp3) is 0.310. The molecule has 2 heterocycles. The van der Waals surface area contributed by atoms with Crippen LogP contribution in [0.5, 0.6) is 11.5 Å². The topological polar surface area (TPSA) is 265 Å². The number of carbonyl (C=O) groups is 8. The number of aryl methyl sites for hydroxylation is 1. The molecule has 312 valence electrons. The lowest BCUT2D eigenvalue weighted by Crippen LogP contribution is -2.54. The second kappa shape index (κ2) is 18.5. The van der Waals surface area contributed by atoms with Gasteiger partial charge in [-0.15, -0.1) is 0 Å². The first-order valence-corrected chi connectivity index (χ1v) is 19.2. The Morgan fingerprint density at radius 1 is 0.950 bits per heavy atom. The van der Waals surface area contributed by atoms with Gasteiger partial charge in [-0.3, -0.25) is 54.0 Å². The van der Waals surface area contributed by atoms with Gasteiger partial charge in [-0.2, -0.15) is 0 Å². The number of aromatic hydroxyl groups is 1. The number of ether oxygens (including phenoxy) is 1. The van der Waals surface area contributed by atoms with E-state index in [9.17, 15) is 48.6 Å². The van der Waals surface area contributed by atoms with Crippen molar-refractivity contribution in [2.75, 3.05) is 33.3 Å². The quantitative estimate of drug-likeness (QED) is 0.0473. The van der Waals surface area contributed by atoms with Crippen LogP contribution < -0.4 is 26.0 Å². The Morgan fingerprint density at radius 3 is 2.48 bits per heavy atom. The van der Waals surface area contributed by atoms with Crippen LogP contribution in [0.2, 0.25) is 0 Å². The van der Waals surface area contributed by atoms with Crippen LogP contribution in [0.25, 0.3) is 5.76 Å². The molecule has 8 amide bonds. The van der Waals surface area contributed by atoms with E-state index in [4.69, 9.17) is 10.1 Å². The summed E-state index contributed by atoms with van der Waals surface area (Å²) in [6.45, 7) is -0.209. The molecule has 0 radical (unpaired) electrons. The lowest BCUT2D eigenvalue weighted by Gasteiger charge is -2.27. The molecule has 0 spiro atoms. The number of piperidine rings is 1. The molecule has 1 saturated heterocycles. The summed E-state index contributed by atoms with van der Waals surface area (Å²) in [6, 6.07) is 14.5. The van der Waals surface area contributed by atoms with Crippen LogP contribution in [-0.2, 0) is 30.4 Å². The fourth-order valence-electron chi connectivity index (χ4n) is 7.13. The van der Waals surface area contributed by atoms with E-state index in [1.807, 2.05) is 24.3 Å². The standard InChI is InChI=1S/C42H43N7O11/c1-48(40(57)26-13-11-24(20-32(26)51)31(50)21-28(43)38(55)46-29-14-12-23-6-2-3-7-25(23)29)19-18-45-34(52)10-5-17-44-36(54)22-60-33-9-4-8-27-37(33)42(59)49(41(27)58)30-15-16-35(53)47-39(30)56/h2-4,6-9,11,13,20-21,29-30,43,50-51H,5,10,12,14-19,22H2,1H3,(H,44,54)(H,45,52)(H,46,55)(H,47,53,56)/b31-21-,43-28?. The van der Waals surface area contributed by atoms with E-state index >= 15 is 0 Å². The Hall–Kier alpha value is -7.37. The van der Waals surface area contributed by atoms with E-state index in [0.29, 0.717) is 6.42 Å². The predicted molar refractivity (Wildman–Crippen MR) is 213 cm³/mol. The van der Waals surface area contributed by atoms with Gasteiger partial charge in [-0.05, 0) is 61.1 Å². The zero-order valence-electron chi connectivity index (χ0n) is 32.5. The third kappa shape index (κ3) is 9.49. The first kappa shape index (κ1) is 42.2. The molecule has 2 unspecified atom stereocenters. The number of hydrogen-bond acceptors (Lipinski definition) is 12. The predicted octanol–water partition coefficient (Wildman–Crippen LogP) is 1.68. The summed E-state index contributed by atoms with van der Waals surface area (Å²) in [5.74, 6) is -5.76. The maximum atomic E-state index is 13.2. The molecule has 3 aliphatic rings. The average molecular weight is 822 g/mol. The first-order chi connectivity index (χ1) is 28.7. The van der Waals surface area contributed by atoms with Crippen LogP contribution in [0, 0.1) is 5.41 Å². The molecule has 3 aromatic carbocycles. The number of aliphatic hydroxyl groups is 1. The molecule has 60 heavy (non-hydrogen) atoms. The molecule has 18 nitrogen and oxygen atoms in total. The summed E-state index contributed by atoms with van der Waals surface area (Å²) in [7, 11) is 1.48. The number of nitrogens with one attached hydrogen (secondary N) is 5. The molecule has 2 atom stereocenters. The van der Waals surface area contributed by atoms with Gasteiger partial charge in [-0.1, -0.05) is 36.4 Å². The van der Waals surface area contributed by atoms with Crippen molar-refractivity contribution >= 4 is 58.7 Å². The first-order valence-electron chi connectivity index (χ1n) is 19.2. The number of benzene rings is 3. The molecule has 0 aromatic heterocycles. The SMILES string of the molecule is CN(CCNC(=O)CCCNC(=O)COc1cccc2c1C(=O)N(C1CCC(=O)NC1=O)C2=O)C(=O)c1ccc(/C(O)=C/C(=N)C(=O)NC2CCc3ccccc32)cc1O. The van der Waals surface area contributed by atoms with E-state index < -0.39 is 71.2 Å². The van der Waals surface area contributed by atoms with Gasteiger partial charge in [0.2, 0.25) is 17.7 Å². The maximum Gasteiger partial charge on any atom is 0.269 e. The zero-order valence-corrected chi connectivity index (χ0v) is 32.5. The Kier molecular flexibility index (Phi) is 13.0. The second-order valence-corrected chi connectivity index (χ2v) is 14.4. The summed E-state index contributed by atoms with van der Waals surface area (Å²) in [6.07, 6.45) is 2.76. The number of amides is 8. The van der Waals surface area contributed by atoms with E-state index in [1.165, 1.54) is 42.3 Å². The lowest BCUT2D eigenvalue weighted by atomic mass is 10.0. The highest BCUT2D eigenvalue weighted by Crippen LogP contribution is 2.34. The van der Waals surface area contributed by atoms with Gasteiger partial charge in [-0.25, -0.2) is 0 Å². The normalized spacial score (nSPS) is 17.0. The minimum atomic E-state index is -1.15. The van der Waals surface area contributed by atoms with Crippen molar-refractivity contribution in [3.63, 3.8) is 0 Å². The number of imide groups is 2. The Labute approximate surface area is 343 Å². The second-order valence-electron chi connectivity index (χ2n) is 14.4. The fourth-order valence-corrected chi connectivity index (χ4v) is 7.13. The van der Waals surface area contributed by atoms with Crippen molar-refractivity contribution in [2.45, 2.75) is 50.6 Å². The van der Waals surface area contributed by atoms with Crippen molar-refractivity contribution in [2.24, 2.45) is 0 Å². The van der Waals surface area contributed by atoms with Gasteiger partial charge in [0.25, 0.3) is 29.5 Å². The Bertz CT molecular complexity index is 2320. The van der Waals surface area contributed by atoms with Gasteiger partial charge in [0, 0.05) is 51.2 Å². The van der Waals surface area contributed by atoms with Crippen LogP contribution in [-0.4, -0.2) is 112 Å². The van der Waals surface area contributed by atoms with E-state index in [1.54, 1.807) is 0 Å². The molecule has 7 N–H and O–H groups in total. The van der Waals surface area contributed by atoms with Crippen LogP contribution >= 0.6 is 0 Å². The highest BCUT2D eigenvalue weighted by molar-refractivity contribution is 6.43. The van der Waals surface area contributed by atoms with E-state index in [2.05, 4.69) is 21.3 Å². The zero-order chi connectivity index (χ0) is 43.1. The number of likely N-dealkylation sites (N-methyl/N-ethyl adjacent to an activating group) is 1. The van der Waals surface area contributed by atoms with Gasteiger partial charge in [0.15, 0.2) is 6.61 Å². The Morgan fingerprint density at radius 2 is 1.72 bits per heavy atom. The summed E-state index contributed by atoms with van der Waals surface area (Å²) in [4.78, 5) is 103. The van der Waals surface area contributed by atoms with Crippen molar-refractivity contribution in [3.8, 4) is 11.5 Å². The molecule has 1 aliphatic carbocycles. The molecule has 18 heteroatoms. The minimum Gasteiger partial charge on any atom is -0.507 e. The third-order valence-corrected chi connectivity index (χ3v) is 10.3. The van der Waals surface area contributed by atoms with E-state index in [0.717, 1.165) is 34.6 Å². The highest BCUT2D eigenvalue weighted by atomic mass is 16.5. The number of nitrogens with zero attached hydrogens (tertiary/aromatic N) is 2. The number of phenolic OH excluding ortho intramolecular Hbond substituents is 1. The van der Waals surface area contributed by atoms with Crippen LogP contribution in [0.3, 0.4) is 0 Å². The molecule has 1 fully saturated rings. The minimum absolute atomic E-state index is 0.00635. The number of rotatable bonds is 16. The lowest BCUT2D eigenvalue weighted by molar-refractivity contribution is -0.136. The molecule has 6 rings (SSSR count). The summed E-state index contributed by atoms with van der Waals surface area (Å²) in [5, 5.41) is 39.6. The number of phenols is 1. The number of hydrogen-bond donors (Lipinski definition) is 7. The molecule has 0 bridgehead atoms. The smallest absolute Gasteiger partial charge is 0.269 e. The third-order valence-electron chi connectivity index (χ3n) is 10.3. The van der Waals surface area contributed by atoms with Crippen LogP contribution in [0.15, 0.2) is 66.7 Å². The van der Waals surface area contributed by atoms with E-state index in [-0.39, 0.29) is 85.3 Å². The summed E-state index contributed by atoms with van der Waals surface area (Å²) < 4.78 is 5.56. The molecular formula is C42H43N7O11. The monoisotopic (exact) mass is 821 g/mol. The maximum absolute atomic E-state index is 13.2. The van der Waals surface area contributed by atoms with Crippen molar-refractivity contribution in [1.82, 2.24) is 31.1 Å². The van der Waals surface area contributed by atoms with Crippen LogP contribution in [0.1, 0.15) is 85.9 Å². The molecule has 2 aliphatic heterocycles. The van der Waals surface area contributed by atoms with Crippen molar-refractivity contribution in [3.05, 3.63) is 100 Å². The molecule has 0 saturated carbocycles. The largest absolute Gasteiger partial charge is 0.507 e. The number of fused-ring (bicyclic) bond motifs is 2. The van der Waals surface area contributed by atoms with Gasteiger partial charge < -0.3 is 35.8 Å².